The first-order chi connectivity index (χ1) is 11.3. The Bertz CT molecular complexity index is 508. The van der Waals surface area contributed by atoms with Gasteiger partial charge in [-0.2, -0.15) is 0 Å². The Balaban J connectivity index is 1.60. The van der Waals surface area contributed by atoms with Crippen LogP contribution in [0.2, 0.25) is 0 Å². The molecular formula is C18H27N3O2. The molecule has 5 heteroatoms. The van der Waals surface area contributed by atoms with Gasteiger partial charge in [-0.15, -0.1) is 0 Å². The molecule has 5 nitrogen and oxygen atoms in total. The first-order valence-electron chi connectivity index (χ1n) is 8.74. The number of fused-ring (bicyclic) bond motifs is 4. The summed E-state index contributed by atoms with van der Waals surface area (Å²) in [6.07, 6.45) is 6.60. The molecule has 0 aliphatic carbocycles. The Morgan fingerprint density at radius 3 is 2.87 bits per heavy atom. The van der Waals surface area contributed by atoms with Gasteiger partial charge in [-0.1, -0.05) is 0 Å². The second-order valence-corrected chi connectivity index (χ2v) is 6.64. The van der Waals surface area contributed by atoms with Gasteiger partial charge in [0.1, 0.15) is 0 Å². The summed E-state index contributed by atoms with van der Waals surface area (Å²) in [4.78, 5) is 21.2. The van der Waals surface area contributed by atoms with Gasteiger partial charge in [-0.25, -0.2) is 0 Å². The van der Waals surface area contributed by atoms with E-state index in [4.69, 9.17) is 4.74 Å². The molecule has 126 valence electrons. The molecule has 1 amide bonds. The van der Waals surface area contributed by atoms with Crippen LogP contribution in [0.1, 0.15) is 31.7 Å². The largest absolute Gasteiger partial charge is 0.381 e. The van der Waals surface area contributed by atoms with Gasteiger partial charge in [0.25, 0.3) is 0 Å². The van der Waals surface area contributed by atoms with E-state index in [9.17, 15) is 4.79 Å². The lowest BCUT2D eigenvalue weighted by molar-refractivity contribution is -0.136. The third-order valence-electron chi connectivity index (χ3n) is 4.93. The second kappa shape index (κ2) is 7.88. The van der Waals surface area contributed by atoms with Crippen LogP contribution in [0.4, 0.5) is 0 Å². The van der Waals surface area contributed by atoms with Crippen LogP contribution in [0.15, 0.2) is 24.5 Å². The molecule has 1 aromatic rings. The van der Waals surface area contributed by atoms with Crippen molar-refractivity contribution in [2.75, 3.05) is 32.8 Å². The first kappa shape index (κ1) is 16.4. The van der Waals surface area contributed by atoms with Crippen LogP contribution in [0.25, 0.3) is 0 Å². The van der Waals surface area contributed by atoms with Crippen LogP contribution < -0.4 is 0 Å². The van der Waals surface area contributed by atoms with Gasteiger partial charge in [0.2, 0.25) is 5.91 Å². The van der Waals surface area contributed by atoms with E-state index in [-0.39, 0.29) is 5.91 Å². The van der Waals surface area contributed by atoms with Crippen LogP contribution in [-0.4, -0.2) is 59.6 Å². The Kier molecular flexibility index (Phi) is 5.62. The summed E-state index contributed by atoms with van der Waals surface area (Å²) in [5.41, 5.74) is 1.30. The zero-order valence-electron chi connectivity index (χ0n) is 14.0. The molecule has 3 fully saturated rings. The molecule has 3 saturated heterocycles. The lowest BCUT2D eigenvalue weighted by Crippen LogP contribution is -2.47. The van der Waals surface area contributed by atoms with Crippen LogP contribution in [0.3, 0.4) is 0 Å². The van der Waals surface area contributed by atoms with E-state index in [0.717, 1.165) is 32.6 Å². The highest BCUT2D eigenvalue weighted by atomic mass is 16.5. The minimum absolute atomic E-state index is 0.263. The van der Waals surface area contributed by atoms with Crippen molar-refractivity contribution >= 4 is 5.91 Å². The summed E-state index contributed by atoms with van der Waals surface area (Å²) in [6.45, 7) is 7.14. The predicted octanol–water partition coefficient (Wildman–Crippen LogP) is 1.93. The molecule has 0 N–H and O–H groups in total. The van der Waals surface area contributed by atoms with Crippen LogP contribution in [0.5, 0.6) is 0 Å². The Morgan fingerprint density at radius 1 is 1.26 bits per heavy atom. The second-order valence-electron chi connectivity index (χ2n) is 6.64. The number of amides is 1. The smallest absolute Gasteiger partial charge is 0.225 e. The van der Waals surface area contributed by atoms with E-state index in [1.54, 1.807) is 0 Å². The zero-order valence-corrected chi connectivity index (χ0v) is 14.0. The van der Waals surface area contributed by atoms with Gasteiger partial charge >= 0.3 is 0 Å². The van der Waals surface area contributed by atoms with Crippen molar-refractivity contribution in [1.29, 1.82) is 0 Å². The number of carbonyl (C=O) groups excluding carboxylic acids is 1. The highest BCUT2D eigenvalue weighted by Gasteiger charge is 2.36. The number of rotatable bonds is 6. The lowest BCUT2D eigenvalue weighted by Gasteiger charge is -2.36. The minimum Gasteiger partial charge on any atom is -0.381 e. The van der Waals surface area contributed by atoms with Gasteiger partial charge in [-0.05, 0) is 43.4 Å². The Morgan fingerprint density at radius 2 is 2.09 bits per heavy atom. The molecule has 1 aromatic heterocycles. The van der Waals surface area contributed by atoms with Gasteiger partial charge in [-0.3, -0.25) is 14.7 Å². The average molecular weight is 317 g/mol. The summed E-state index contributed by atoms with van der Waals surface area (Å²) < 4.78 is 5.34. The molecule has 0 radical (unpaired) electrons. The number of carbonyl (C=O) groups is 1. The number of aromatic nitrogens is 1. The molecule has 23 heavy (non-hydrogen) atoms. The number of pyridine rings is 1. The number of piperidine rings is 1. The van der Waals surface area contributed by atoms with Gasteiger partial charge in [0, 0.05) is 51.2 Å². The van der Waals surface area contributed by atoms with Gasteiger partial charge in [0.05, 0.1) is 13.0 Å². The maximum absolute atomic E-state index is 12.5. The topological polar surface area (TPSA) is 45.7 Å². The standard InChI is InChI=1S/C18H27N3O2/c1-2-23-10-7-18(22)21-13-16-3-4-17(21)14-20(12-16)11-15-5-8-19-9-6-15/h5-6,8-9,16-17H,2-4,7,10-14H2,1H3/t16-,17+/m1/s1. The number of nitrogens with zero attached hydrogens (tertiary/aromatic N) is 3. The number of hydrogen-bond acceptors (Lipinski definition) is 4. The highest BCUT2D eigenvalue weighted by Crippen LogP contribution is 2.29. The maximum Gasteiger partial charge on any atom is 0.225 e. The normalized spacial score (nSPS) is 24.7. The molecule has 2 bridgehead atoms. The van der Waals surface area contributed by atoms with E-state index in [2.05, 4.69) is 26.9 Å². The van der Waals surface area contributed by atoms with Crippen LogP contribution in [-0.2, 0) is 16.1 Å². The highest BCUT2D eigenvalue weighted by molar-refractivity contribution is 5.76. The lowest BCUT2D eigenvalue weighted by atomic mass is 9.95. The van der Waals surface area contributed by atoms with Crippen molar-refractivity contribution in [3.63, 3.8) is 0 Å². The monoisotopic (exact) mass is 317 g/mol. The first-order valence-corrected chi connectivity index (χ1v) is 8.74. The summed E-state index contributed by atoms with van der Waals surface area (Å²) in [5, 5.41) is 0. The molecule has 0 saturated carbocycles. The molecule has 2 atom stereocenters. The molecule has 4 heterocycles. The molecule has 0 aromatic carbocycles. The minimum atomic E-state index is 0.263. The predicted molar refractivity (Wildman–Crippen MR) is 88.8 cm³/mol. The van der Waals surface area contributed by atoms with Gasteiger partial charge in [0.15, 0.2) is 0 Å². The van der Waals surface area contributed by atoms with Crippen molar-refractivity contribution < 1.29 is 9.53 Å². The zero-order chi connectivity index (χ0) is 16.1. The van der Waals surface area contributed by atoms with E-state index in [1.165, 1.54) is 12.0 Å². The van der Waals surface area contributed by atoms with Crippen molar-refractivity contribution in [2.24, 2.45) is 5.92 Å². The fourth-order valence-electron chi connectivity index (χ4n) is 3.81. The fraction of sp³-hybridized carbons (Fsp3) is 0.667. The number of ether oxygens (including phenoxy) is 1. The quantitative estimate of drug-likeness (QED) is 0.752. The molecule has 3 aliphatic heterocycles. The fourth-order valence-corrected chi connectivity index (χ4v) is 3.81. The van der Waals surface area contributed by atoms with Gasteiger partial charge < -0.3 is 9.64 Å². The third-order valence-corrected chi connectivity index (χ3v) is 4.93. The van der Waals surface area contributed by atoms with Crippen LogP contribution >= 0.6 is 0 Å². The maximum atomic E-state index is 12.5. The molecule has 3 aliphatic rings. The van der Waals surface area contributed by atoms with Crippen molar-refractivity contribution in [1.82, 2.24) is 14.8 Å². The summed E-state index contributed by atoms with van der Waals surface area (Å²) in [6, 6.07) is 4.53. The van der Waals surface area contributed by atoms with Crippen molar-refractivity contribution in [2.45, 2.75) is 38.8 Å². The molecule has 0 spiro atoms. The SMILES string of the molecule is CCOCCC(=O)N1C[C@@H]2CC[C@H]1CN(Cc1ccncc1)C2. The Labute approximate surface area is 138 Å². The molecule has 0 unspecified atom stereocenters. The van der Waals surface area contributed by atoms with Crippen molar-refractivity contribution in [3.05, 3.63) is 30.1 Å². The summed E-state index contributed by atoms with van der Waals surface area (Å²) in [7, 11) is 0. The van der Waals surface area contributed by atoms with Crippen LogP contribution in [0, 0.1) is 5.92 Å². The number of hydrogen-bond donors (Lipinski definition) is 0. The van der Waals surface area contributed by atoms with E-state index in [1.807, 2.05) is 19.3 Å². The van der Waals surface area contributed by atoms with E-state index in [0.29, 0.717) is 31.6 Å². The van der Waals surface area contributed by atoms with Crippen molar-refractivity contribution in [3.8, 4) is 0 Å². The summed E-state index contributed by atoms with van der Waals surface area (Å²) in [5.74, 6) is 0.866. The van der Waals surface area contributed by atoms with E-state index < -0.39 is 0 Å². The molecule has 4 rings (SSSR count). The van der Waals surface area contributed by atoms with E-state index >= 15 is 0 Å². The summed E-state index contributed by atoms with van der Waals surface area (Å²) >= 11 is 0. The molecular weight excluding hydrogens is 290 g/mol. The third kappa shape index (κ3) is 4.30. The Hall–Kier alpha value is -1.46. The average Bonchev–Trinajstić information content (AvgIpc) is 2.86.